The summed E-state index contributed by atoms with van der Waals surface area (Å²) < 4.78 is 0. The lowest BCUT2D eigenvalue weighted by Gasteiger charge is -1.99. The Kier molecular flexibility index (Phi) is 13.5. The van der Waals surface area contributed by atoms with E-state index >= 15 is 0 Å². The number of rotatable bonds is 12. The second-order valence-corrected chi connectivity index (χ2v) is 4.79. The summed E-state index contributed by atoms with van der Waals surface area (Å²) in [6, 6.07) is 0. The van der Waals surface area contributed by atoms with Crippen LogP contribution in [-0.4, -0.2) is 5.78 Å². The fourth-order valence-corrected chi connectivity index (χ4v) is 1.86. The van der Waals surface area contributed by atoms with Gasteiger partial charge in [-0.3, -0.25) is 4.79 Å². The number of Topliss-reactive ketones (excluding diaryl/α,β-unsaturated/α-hetero) is 1. The zero-order valence-electron chi connectivity index (χ0n) is 12.3. The number of carbonyl (C=O) groups is 1. The van der Waals surface area contributed by atoms with Crippen LogP contribution in [0.25, 0.3) is 0 Å². The number of unbranched alkanes of at least 4 members (excludes halogenated alkanes) is 4. The molecule has 0 aromatic carbocycles. The quantitative estimate of drug-likeness (QED) is 0.325. The van der Waals surface area contributed by atoms with Crippen molar-refractivity contribution in [2.24, 2.45) is 0 Å². The van der Waals surface area contributed by atoms with Gasteiger partial charge in [0.1, 0.15) is 5.78 Å². The Morgan fingerprint density at radius 2 is 1.17 bits per heavy atom. The lowest BCUT2D eigenvalue weighted by Crippen LogP contribution is -1.97. The van der Waals surface area contributed by atoms with Crippen LogP contribution in [0, 0.1) is 0 Å². The van der Waals surface area contributed by atoms with E-state index in [9.17, 15) is 4.79 Å². The molecule has 0 amide bonds. The molecule has 0 fully saturated rings. The van der Waals surface area contributed by atoms with Gasteiger partial charge in [0.15, 0.2) is 0 Å². The van der Waals surface area contributed by atoms with Crippen LogP contribution in [0.4, 0.5) is 0 Å². The smallest absolute Gasteiger partial charge is 0.132 e. The number of carbonyl (C=O) groups excluding carboxylic acids is 1. The molecule has 0 bridgehead atoms. The van der Waals surface area contributed by atoms with Crippen LogP contribution in [0.3, 0.4) is 0 Å². The van der Waals surface area contributed by atoms with Crippen LogP contribution in [0.5, 0.6) is 0 Å². The lowest BCUT2D eigenvalue weighted by molar-refractivity contribution is -0.119. The average Bonchev–Trinajstić information content (AvgIpc) is 2.38. The van der Waals surface area contributed by atoms with Crippen molar-refractivity contribution in [2.75, 3.05) is 0 Å². The summed E-state index contributed by atoms with van der Waals surface area (Å²) in [6.45, 7) is 4.30. The second kappa shape index (κ2) is 14.2. The Bertz CT molecular complexity index is 214. The summed E-state index contributed by atoms with van der Waals surface area (Å²) in [7, 11) is 0. The Morgan fingerprint density at radius 3 is 1.56 bits per heavy atom. The molecular weight excluding hydrogens is 220 g/mol. The van der Waals surface area contributed by atoms with Gasteiger partial charge in [-0.25, -0.2) is 0 Å². The fourth-order valence-electron chi connectivity index (χ4n) is 1.86. The summed E-state index contributed by atoms with van der Waals surface area (Å²) in [5.74, 6) is 0.453. The molecular formula is C17H30O. The summed E-state index contributed by atoms with van der Waals surface area (Å²) in [5.41, 5.74) is 0. The first kappa shape index (κ1) is 17.2. The first-order valence-corrected chi connectivity index (χ1v) is 7.63. The minimum Gasteiger partial charge on any atom is -0.300 e. The molecule has 0 N–H and O–H groups in total. The maximum absolute atomic E-state index is 11.6. The zero-order chi connectivity index (χ0) is 13.5. The number of hydrogen-bond acceptors (Lipinski definition) is 1. The highest BCUT2D eigenvalue weighted by molar-refractivity contribution is 5.78. The molecule has 0 aromatic heterocycles. The van der Waals surface area contributed by atoms with Crippen molar-refractivity contribution in [3.63, 3.8) is 0 Å². The zero-order valence-corrected chi connectivity index (χ0v) is 12.3. The van der Waals surface area contributed by atoms with Gasteiger partial charge in [-0.1, -0.05) is 38.2 Å². The molecule has 0 aromatic rings. The van der Waals surface area contributed by atoms with Gasteiger partial charge < -0.3 is 0 Å². The first-order valence-electron chi connectivity index (χ1n) is 7.63. The van der Waals surface area contributed by atoms with Crippen LogP contribution in [-0.2, 0) is 4.79 Å². The summed E-state index contributed by atoms with van der Waals surface area (Å²) in [6.07, 6.45) is 19.3. The molecule has 0 atom stereocenters. The normalized spacial score (nSPS) is 11.7. The summed E-state index contributed by atoms with van der Waals surface area (Å²) in [5, 5.41) is 0. The van der Waals surface area contributed by atoms with Crippen LogP contribution in [0.2, 0.25) is 0 Å². The van der Waals surface area contributed by atoms with E-state index < -0.39 is 0 Å². The van der Waals surface area contributed by atoms with Crippen molar-refractivity contribution in [3.05, 3.63) is 24.3 Å². The van der Waals surface area contributed by atoms with Gasteiger partial charge in [-0.2, -0.15) is 0 Å². The highest BCUT2D eigenvalue weighted by atomic mass is 16.1. The molecule has 18 heavy (non-hydrogen) atoms. The van der Waals surface area contributed by atoms with Gasteiger partial charge in [-0.15, -0.1) is 0 Å². The van der Waals surface area contributed by atoms with Crippen molar-refractivity contribution in [3.8, 4) is 0 Å². The third-order valence-electron chi connectivity index (χ3n) is 2.96. The van der Waals surface area contributed by atoms with Crippen molar-refractivity contribution in [1.82, 2.24) is 0 Å². The topological polar surface area (TPSA) is 17.1 Å². The molecule has 1 heteroatoms. The van der Waals surface area contributed by atoms with Gasteiger partial charge in [0.05, 0.1) is 0 Å². The second-order valence-electron chi connectivity index (χ2n) is 4.79. The van der Waals surface area contributed by atoms with E-state index in [1.807, 2.05) is 0 Å². The molecule has 104 valence electrons. The molecule has 0 heterocycles. The van der Waals surface area contributed by atoms with E-state index in [0.717, 1.165) is 64.2 Å². The lowest BCUT2D eigenvalue weighted by atomic mass is 10.1. The molecule has 0 spiro atoms. The molecule has 0 saturated carbocycles. The Morgan fingerprint density at radius 1 is 0.722 bits per heavy atom. The maximum atomic E-state index is 11.6. The van der Waals surface area contributed by atoms with E-state index in [1.165, 1.54) is 0 Å². The van der Waals surface area contributed by atoms with E-state index in [1.54, 1.807) is 0 Å². The Labute approximate surface area is 113 Å². The van der Waals surface area contributed by atoms with Crippen LogP contribution >= 0.6 is 0 Å². The van der Waals surface area contributed by atoms with E-state index in [2.05, 4.69) is 38.2 Å². The molecule has 0 aliphatic heterocycles. The number of hydrogen-bond donors (Lipinski definition) is 0. The minimum absolute atomic E-state index is 0.453. The van der Waals surface area contributed by atoms with Gasteiger partial charge in [0, 0.05) is 12.8 Å². The van der Waals surface area contributed by atoms with Crippen LogP contribution in [0.1, 0.15) is 78.1 Å². The highest BCUT2D eigenvalue weighted by Gasteiger charge is 2.00. The Hall–Kier alpha value is -0.850. The van der Waals surface area contributed by atoms with Crippen molar-refractivity contribution >= 4 is 5.78 Å². The molecule has 0 radical (unpaired) electrons. The van der Waals surface area contributed by atoms with Gasteiger partial charge in [0.25, 0.3) is 0 Å². The monoisotopic (exact) mass is 250 g/mol. The molecule has 1 nitrogen and oxygen atoms in total. The minimum atomic E-state index is 0.453. The van der Waals surface area contributed by atoms with E-state index in [-0.39, 0.29) is 0 Å². The standard InChI is InChI=1S/C17H30O/c1-3-5-7-9-11-13-15-17(18)16-14-12-10-8-6-4-2/h5-8H,3-4,9-16H2,1-2H3/b7-5+,8-6+. The number of allylic oxidation sites excluding steroid dienone is 4. The van der Waals surface area contributed by atoms with Crippen LogP contribution < -0.4 is 0 Å². The summed E-state index contributed by atoms with van der Waals surface area (Å²) in [4.78, 5) is 11.6. The van der Waals surface area contributed by atoms with Crippen LogP contribution in [0.15, 0.2) is 24.3 Å². The van der Waals surface area contributed by atoms with Crippen molar-refractivity contribution < 1.29 is 4.79 Å². The predicted octanol–water partition coefficient (Wildman–Crippen LogP) is 5.61. The van der Waals surface area contributed by atoms with E-state index in [4.69, 9.17) is 0 Å². The molecule has 0 aliphatic carbocycles. The Balaban J connectivity index is 3.27. The van der Waals surface area contributed by atoms with Crippen molar-refractivity contribution in [2.45, 2.75) is 78.1 Å². The fraction of sp³-hybridized carbons (Fsp3) is 0.706. The molecule has 0 aliphatic rings. The summed E-state index contributed by atoms with van der Waals surface area (Å²) >= 11 is 0. The van der Waals surface area contributed by atoms with Gasteiger partial charge >= 0.3 is 0 Å². The van der Waals surface area contributed by atoms with E-state index in [0.29, 0.717) is 5.78 Å². The third-order valence-corrected chi connectivity index (χ3v) is 2.96. The number of ketones is 1. The highest BCUT2D eigenvalue weighted by Crippen LogP contribution is 2.07. The third kappa shape index (κ3) is 13.2. The average molecular weight is 250 g/mol. The predicted molar refractivity (Wildman–Crippen MR) is 80.8 cm³/mol. The van der Waals surface area contributed by atoms with Gasteiger partial charge in [-0.05, 0) is 51.4 Å². The molecule has 0 saturated heterocycles. The molecule has 0 rings (SSSR count). The largest absolute Gasteiger partial charge is 0.300 e. The SMILES string of the molecule is CC/C=C/CCCCC(=O)CCCC/C=C/CC. The molecule has 0 unspecified atom stereocenters. The van der Waals surface area contributed by atoms with Gasteiger partial charge in [0.2, 0.25) is 0 Å². The maximum Gasteiger partial charge on any atom is 0.132 e. The van der Waals surface area contributed by atoms with Crippen molar-refractivity contribution in [1.29, 1.82) is 0 Å². The first-order chi connectivity index (χ1) is 8.81.